The van der Waals surface area contributed by atoms with Gasteiger partial charge in [-0.15, -0.1) is 0 Å². The Morgan fingerprint density at radius 1 is 1.09 bits per heavy atom. The molecule has 0 fully saturated rings. The molecule has 9 nitrogen and oxygen atoms in total. The van der Waals surface area contributed by atoms with Crippen molar-refractivity contribution in [3.63, 3.8) is 0 Å². The van der Waals surface area contributed by atoms with Gasteiger partial charge in [0.1, 0.15) is 11.9 Å². The van der Waals surface area contributed by atoms with Gasteiger partial charge in [0.25, 0.3) is 0 Å². The first-order valence-corrected chi connectivity index (χ1v) is 9.93. The molecule has 1 aliphatic rings. The fourth-order valence-electron chi connectivity index (χ4n) is 3.60. The maximum Gasteiger partial charge on any atom is 0.249 e. The summed E-state index contributed by atoms with van der Waals surface area (Å²) in [4.78, 5) is 36.8. The van der Waals surface area contributed by atoms with E-state index in [1.807, 2.05) is 6.07 Å². The second kappa shape index (κ2) is 8.54. The Morgan fingerprint density at radius 3 is 2.47 bits per heavy atom. The number of benzene rings is 2. The molecule has 32 heavy (non-hydrogen) atoms. The number of carbonyl (C=O) groups is 3. The molecule has 164 valence electrons. The Balaban J connectivity index is 1.63. The van der Waals surface area contributed by atoms with Crippen molar-refractivity contribution in [2.75, 3.05) is 24.9 Å². The standard InChI is InChI=1S/C23H22N4O5/c1-13(28)14-4-7-16(8-5-14)25-23(30)18-11-21(29)26-22-17(12-24-27(18)22)15-6-9-19(31-2)20(10-15)32-3/h4-10,12,18H,11H2,1-3H3,(H,25,30)(H,26,29)/t18-/m1/s1. The van der Waals surface area contributed by atoms with Crippen LogP contribution in [0, 0.1) is 0 Å². The quantitative estimate of drug-likeness (QED) is 0.576. The first kappa shape index (κ1) is 21.1. The van der Waals surface area contributed by atoms with Gasteiger partial charge in [0.05, 0.1) is 26.8 Å². The van der Waals surface area contributed by atoms with Crippen LogP contribution >= 0.6 is 0 Å². The van der Waals surface area contributed by atoms with Crippen LogP contribution in [-0.2, 0) is 9.59 Å². The van der Waals surface area contributed by atoms with E-state index in [1.165, 1.54) is 11.6 Å². The van der Waals surface area contributed by atoms with Gasteiger partial charge in [-0.1, -0.05) is 6.07 Å². The van der Waals surface area contributed by atoms with Gasteiger partial charge in [0, 0.05) is 16.8 Å². The number of aromatic nitrogens is 2. The summed E-state index contributed by atoms with van der Waals surface area (Å²) in [5.41, 5.74) is 2.49. The Hall–Kier alpha value is -4.14. The van der Waals surface area contributed by atoms with E-state index in [1.54, 1.807) is 56.8 Å². The highest BCUT2D eigenvalue weighted by molar-refractivity contribution is 6.03. The largest absolute Gasteiger partial charge is 0.493 e. The number of nitrogens with zero attached hydrogens (tertiary/aromatic N) is 2. The van der Waals surface area contributed by atoms with E-state index < -0.39 is 6.04 Å². The zero-order chi connectivity index (χ0) is 22.8. The predicted molar refractivity (Wildman–Crippen MR) is 118 cm³/mol. The zero-order valence-electron chi connectivity index (χ0n) is 17.8. The van der Waals surface area contributed by atoms with E-state index in [2.05, 4.69) is 15.7 Å². The molecule has 2 aromatic carbocycles. The van der Waals surface area contributed by atoms with Gasteiger partial charge in [-0.25, -0.2) is 4.68 Å². The normalized spacial score (nSPS) is 14.8. The number of methoxy groups -OCH3 is 2. The van der Waals surface area contributed by atoms with Crippen molar-refractivity contribution < 1.29 is 23.9 Å². The van der Waals surface area contributed by atoms with Crippen LogP contribution in [0.25, 0.3) is 11.1 Å². The number of anilines is 2. The van der Waals surface area contributed by atoms with Crippen LogP contribution in [0.15, 0.2) is 48.7 Å². The Kier molecular flexibility index (Phi) is 5.63. The van der Waals surface area contributed by atoms with Crippen molar-refractivity contribution in [2.45, 2.75) is 19.4 Å². The van der Waals surface area contributed by atoms with E-state index in [0.717, 1.165) is 5.56 Å². The molecule has 3 aromatic rings. The highest BCUT2D eigenvalue weighted by Crippen LogP contribution is 2.38. The summed E-state index contributed by atoms with van der Waals surface area (Å²) in [7, 11) is 3.09. The van der Waals surface area contributed by atoms with Gasteiger partial charge >= 0.3 is 0 Å². The number of rotatable bonds is 6. The summed E-state index contributed by atoms with van der Waals surface area (Å²) in [6.07, 6.45) is 1.56. The topological polar surface area (TPSA) is 112 Å². The lowest BCUT2D eigenvalue weighted by Gasteiger charge is -2.24. The van der Waals surface area contributed by atoms with Crippen LogP contribution in [0.1, 0.15) is 29.7 Å². The van der Waals surface area contributed by atoms with Crippen LogP contribution < -0.4 is 20.1 Å². The van der Waals surface area contributed by atoms with Gasteiger partial charge in [-0.05, 0) is 48.9 Å². The molecule has 0 aliphatic carbocycles. The second-order valence-corrected chi connectivity index (χ2v) is 7.31. The number of hydrogen-bond acceptors (Lipinski definition) is 6. The van der Waals surface area contributed by atoms with Gasteiger partial charge in [-0.3, -0.25) is 14.4 Å². The summed E-state index contributed by atoms with van der Waals surface area (Å²) in [5, 5.41) is 9.98. The lowest BCUT2D eigenvalue weighted by Crippen LogP contribution is -2.35. The molecule has 0 saturated heterocycles. The monoisotopic (exact) mass is 434 g/mol. The third-order valence-electron chi connectivity index (χ3n) is 5.28. The summed E-state index contributed by atoms with van der Waals surface area (Å²) < 4.78 is 12.1. The lowest BCUT2D eigenvalue weighted by atomic mass is 10.1. The molecule has 1 aromatic heterocycles. The number of ether oxygens (including phenoxy) is 2. The second-order valence-electron chi connectivity index (χ2n) is 7.31. The molecule has 0 bridgehead atoms. The SMILES string of the molecule is COc1ccc(-c2cnn3c2NC(=O)C[C@@H]3C(=O)Nc2ccc(C(C)=O)cc2)cc1OC. The van der Waals surface area contributed by atoms with E-state index >= 15 is 0 Å². The van der Waals surface area contributed by atoms with Crippen LogP contribution in [0.2, 0.25) is 0 Å². The third kappa shape index (κ3) is 3.92. The van der Waals surface area contributed by atoms with Crippen molar-refractivity contribution in [3.8, 4) is 22.6 Å². The highest BCUT2D eigenvalue weighted by atomic mass is 16.5. The molecule has 2 amide bonds. The fraction of sp³-hybridized carbons (Fsp3) is 0.217. The minimum absolute atomic E-state index is 0.0442. The molecular formula is C23H22N4O5. The number of hydrogen-bond donors (Lipinski definition) is 2. The zero-order valence-corrected chi connectivity index (χ0v) is 17.8. The average Bonchev–Trinajstić information content (AvgIpc) is 3.22. The van der Waals surface area contributed by atoms with E-state index in [-0.39, 0.29) is 24.0 Å². The highest BCUT2D eigenvalue weighted by Gasteiger charge is 2.33. The molecule has 1 atom stereocenters. The molecule has 0 unspecified atom stereocenters. The summed E-state index contributed by atoms with van der Waals surface area (Å²) in [6.45, 7) is 1.48. The molecule has 9 heteroatoms. The molecule has 2 N–H and O–H groups in total. The average molecular weight is 434 g/mol. The molecule has 4 rings (SSSR count). The Morgan fingerprint density at radius 2 is 1.81 bits per heavy atom. The minimum atomic E-state index is -0.819. The van der Waals surface area contributed by atoms with Crippen LogP contribution in [0.3, 0.4) is 0 Å². The van der Waals surface area contributed by atoms with Crippen LogP contribution in [0.4, 0.5) is 11.5 Å². The molecule has 1 aliphatic heterocycles. The fourth-order valence-corrected chi connectivity index (χ4v) is 3.60. The first-order valence-electron chi connectivity index (χ1n) is 9.93. The number of amides is 2. The smallest absolute Gasteiger partial charge is 0.249 e. The predicted octanol–water partition coefficient (Wildman–Crippen LogP) is 3.29. The van der Waals surface area contributed by atoms with Gasteiger partial charge in [-0.2, -0.15) is 5.10 Å². The summed E-state index contributed by atoms with van der Waals surface area (Å²) in [5.74, 6) is 0.825. The number of carbonyl (C=O) groups excluding carboxylic acids is 3. The van der Waals surface area contributed by atoms with E-state index in [4.69, 9.17) is 9.47 Å². The van der Waals surface area contributed by atoms with Gasteiger partial charge in [0.15, 0.2) is 17.3 Å². The lowest BCUT2D eigenvalue weighted by molar-refractivity contribution is -0.125. The molecule has 0 saturated carbocycles. The Labute approximate surface area is 184 Å². The summed E-state index contributed by atoms with van der Waals surface area (Å²) in [6, 6.07) is 11.1. The van der Waals surface area contributed by atoms with E-state index in [9.17, 15) is 14.4 Å². The Bertz CT molecular complexity index is 1200. The van der Waals surface area contributed by atoms with Crippen molar-refractivity contribution in [1.29, 1.82) is 0 Å². The number of Topliss-reactive ketones (excluding diaryl/α,β-unsaturated/α-hetero) is 1. The van der Waals surface area contributed by atoms with Gasteiger partial charge < -0.3 is 20.1 Å². The first-order chi connectivity index (χ1) is 15.4. The molecule has 0 radical (unpaired) electrons. The van der Waals surface area contributed by atoms with Crippen molar-refractivity contribution >= 4 is 29.1 Å². The molecule has 0 spiro atoms. The van der Waals surface area contributed by atoms with Crippen molar-refractivity contribution in [2.24, 2.45) is 0 Å². The number of nitrogens with one attached hydrogen (secondary N) is 2. The number of fused-ring (bicyclic) bond motifs is 1. The van der Waals surface area contributed by atoms with E-state index in [0.29, 0.717) is 34.1 Å². The van der Waals surface area contributed by atoms with Crippen LogP contribution in [0.5, 0.6) is 11.5 Å². The molecular weight excluding hydrogens is 412 g/mol. The van der Waals surface area contributed by atoms with Crippen molar-refractivity contribution in [1.82, 2.24) is 9.78 Å². The summed E-state index contributed by atoms with van der Waals surface area (Å²) >= 11 is 0. The molecule has 2 heterocycles. The maximum atomic E-state index is 13.0. The van der Waals surface area contributed by atoms with Crippen LogP contribution in [-0.4, -0.2) is 41.6 Å². The third-order valence-corrected chi connectivity index (χ3v) is 5.28. The minimum Gasteiger partial charge on any atom is -0.493 e. The van der Waals surface area contributed by atoms with Gasteiger partial charge in [0.2, 0.25) is 11.8 Å². The maximum absolute atomic E-state index is 13.0. The number of ketones is 1. The van der Waals surface area contributed by atoms with Crippen molar-refractivity contribution in [3.05, 3.63) is 54.2 Å².